The number of allylic oxidation sites excluding steroid dienone is 2. The number of carboxylic acid groups (broad SMARTS) is 1. The highest BCUT2D eigenvalue weighted by Crippen LogP contribution is 2.53. The summed E-state index contributed by atoms with van der Waals surface area (Å²) in [5.41, 5.74) is 1.44. The van der Waals surface area contributed by atoms with E-state index in [1.54, 1.807) is 0 Å². The standard InChI is InChI=1S/C26H43FO5/c1-2-3-9-22(27)23(28)13-12-20-21-16-18(8-4-5-10-25(29)30)15-19(21)17-24(20)32-26-11-6-7-14-31-26/h8,19-24,26,28H,2-7,9-17H2,1H3,(H,29,30)/t19-,20+,21-,22?,23?,24+,26?/m0/s1. The van der Waals surface area contributed by atoms with Crippen molar-refractivity contribution in [1.29, 1.82) is 0 Å². The van der Waals surface area contributed by atoms with Gasteiger partial charge in [-0.2, -0.15) is 0 Å². The fourth-order valence-corrected chi connectivity index (χ4v) is 5.98. The molecule has 2 saturated carbocycles. The first kappa shape index (κ1) is 25.6. The second-order valence-corrected chi connectivity index (χ2v) is 10.2. The summed E-state index contributed by atoms with van der Waals surface area (Å²) >= 11 is 0. The molecule has 1 aliphatic heterocycles. The molecule has 2 aliphatic carbocycles. The predicted molar refractivity (Wildman–Crippen MR) is 122 cm³/mol. The molecule has 3 aliphatic rings. The van der Waals surface area contributed by atoms with E-state index in [4.69, 9.17) is 14.6 Å². The van der Waals surface area contributed by atoms with E-state index in [0.29, 0.717) is 37.0 Å². The summed E-state index contributed by atoms with van der Waals surface area (Å²) < 4.78 is 26.6. The normalized spacial score (nSPS) is 33.3. The first-order valence-corrected chi connectivity index (χ1v) is 13.0. The summed E-state index contributed by atoms with van der Waals surface area (Å²) in [6.07, 6.45) is 11.7. The molecule has 7 atom stereocenters. The van der Waals surface area contributed by atoms with Gasteiger partial charge < -0.3 is 19.7 Å². The largest absolute Gasteiger partial charge is 0.481 e. The Labute approximate surface area is 192 Å². The van der Waals surface area contributed by atoms with Crippen molar-refractivity contribution in [3.63, 3.8) is 0 Å². The third-order valence-corrected chi connectivity index (χ3v) is 7.73. The highest BCUT2D eigenvalue weighted by atomic mass is 19.1. The molecule has 3 rings (SSSR count). The van der Waals surface area contributed by atoms with Crippen molar-refractivity contribution in [3.05, 3.63) is 11.6 Å². The number of ether oxygens (including phenoxy) is 2. The van der Waals surface area contributed by atoms with Gasteiger partial charge in [0, 0.05) is 13.0 Å². The molecular formula is C26H43FO5. The number of hydrogen-bond acceptors (Lipinski definition) is 4. The summed E-state index contributed by atoms with van der Waals surface area (Å²) in [4.78, 5) is 10.7. The van der Waals surface area contributed by atoms with Crippen molar-refractivity contribution in [2.75, 3.05) is 6.61 Å². The van der Waals surface area contributed by atoms with Crippen molar-refractivity contribution < 1.29 is 28.9 Å². The molecule has 0 aromatic carbocycles. The summed E-state index contributed by atoms with van der Waals surface area (Å²) in [5.74, 6) is 0.664. The zero-order valence-electron chi connectivity index (χ0n) is 19.7. The number of rotatable bonds is 13. The third-order valence-electron chi connectivity index (χ3n) is 7.73. The van der Waals surface area contributed by atoms with Gasteiger partial charge in [-0.3, -0.25) is 4.79 Å². The van der Waals surface area contributed by atoms with Crippen LogP contribution in [0.1, 0.15) is 96.8 Å². The lowest BCUT2D eigenvalue weighted by atomic mass is 9.86. The van der Waals surface area contributed by atoms with Gasteiger partial charge in [-0.05, 0) is 88.4 Å². The van der Waals surface area contributed by atoms with Gasteiger partial charge in [0.1, 0.15) is 6.17 Å². The van der Waals surface area contributed by atoms with Gasteiger partial charge in [0.2, 0.25) is 0 Å². The van der Waals surface area contributed by atoms with Gasteiger partial charge in [0.25, 0.3) is 0 Å². The molecule has 1 saturated heterocycles. The summed E-state index contributed by atoms with van der Waals surface area (Å²) in [6.45, 7) is 2.80. The molecule has 5 nitrogen and oxygen atoms in total. The number of unbranched alkanes of at least 4 members (excludes halogenated alkanes) is 2. The number of carboxylic acids is 1. The first-order chi connectivity index (χ1) is 15.5. The van der Waals surface area contributed by atoms with Crippen LogP contribution in [0.5, 0.6) is 0 Å². The average Bonchev–Trinajstić information content (AvgIpc) is 3.31. The highest BCUT2D eigenvalue weighted by molar-refractivity contribution is 5.66. The Balaban J connectivity index is 1.57. The molecule has 1 heterocycles. The molecule has 0 radical (unpaired) electrons. The molecule has 3 unspecified atom stereocenters. The van der Waals surface area contributed by atoms with Crippen LogP contribution in [0.3, 0.4) is 0 Å². The van der Waals surface area contributed by atoms with Gasteiger partial charge >= 0.3 is 5.97 Å². The number of alkyl halides is 1. The lowest BCUT2D eigenvalue weighted by Gasteiger charge is -2.31. The molecule has 0 amide bonds. The average molecular weight is 455 g/mol. The van der Waals surface area contributed by atoms with Gasteiger partial charge in [-0.25, -0.2) is 4.39 Å². The minimum absolute atomic E-state index is 0.121. The molecule has 0 aromatic heterocycles. The number of aliphatic hydroxyl groups excluding tert-OH is 1. The Kier molecular flexibility index (Phi) is 10.5. The van der Waals surface area contributed by atoms with Crippen LogP contribution in [0.15, 0.2) is 11.6 Å². The van der Waals surface area contributed by atoms with Crippen LogP contribution >= 0.6 is 0 Å². The van der Waals surface area contributed by atoms with E-state index in [-0.39, 0.29) is 18.8 Å². The fourth-order valence-electron chi connectivity index (χ4n) is 5.98. The lowest BCUT2D eigenvalue weighted by molar-refractivity contribution is -0.196. The van der Waals surface area contributed by atoms with E-state index in [1.165, 1.54) is 5.57 Å². The highest BCUT2D eigenvalue weighted by Gasteiger charge is 2.48. The van der Waals surface area contributed by atoms with Crippen molar-refractivity contribution in [2.24, 2.45) is 17.8 Å². The molecule has 3 fully saturated rings. The minimum atomic E-state index is -1.14. The number of halogens is 1. The summed E-state index contributed by atoms with van der Waals surface area (Å²) in [7, 11) is 0. The zero-order valence-corrected chi connectivity index (χ0v) is 19.7. The Bertz CT molecular complexity index is 603. The minimum Gasteiger partial charge on any atom is -0.481 e. The number of aliphatic carboxylic acids is 1. The van der Waals surface area contributed by atoms with Crippen LogP contribution in [-0.4, -0.2) is 47.5 Å². The molecule has 2 N–H and O–H groups in total. The maximum absolute atomic E-state index is 14.3. The Morgan fingerprint density at radius 3 is 2.84 bits per heavy atom. The van der Waals surface area contributed by atoms with Crippen LogP contribution in [0, 0.1) is 17.8 Å². The van der Waals surface area contributed by atoms with Crippen LogP contribution in [0.4, 0.5) is 4.39 Å². The molecule has 0 spiro atoms. The van der Waals surface area contributed by atoms with E-state index in [0.717, 1.165) is 70.8 Å². The molecule has 32 heavy (non-hydrogen) atoms. The number of fused-ring (bicyclic) bond motifs is 1. The van der Waals surface area contributed by atoms with Crippen LogP contribution in [0.2, 0.25) is 0 Å². The fraction of sp³-hybridized carbons (Fsp3) is 0.885. The maximum atomic E-state index is 14.3. The van der Waals surface area contributed by atoms with Gasteiger partial charge in [-0.1, -0.05) is 31.4 Å². The van der Waals surface area contributed by atoms with Crippen LogP contribution in [-0.2, 0) is 14.3 Å². The smallest absolute Gasteiger partial charge is 0.303 e. The molecule has 0 bridgehead atoms. The predicted octanol–water partition coefficient (Wildman–Crippen LogP) is 5.80. The third kappa shape index (κ3) is 7.53. The van der Waals surface area contributed by atoms with E-state index in [9.17, 15) is 14.3 Å². The monoisotopic (exact) mass is 454 g/mol. The van der Waals surface area contributed by atoms with E-state index < -0.39 is 18.2 Å². The Morgan fingerprint density at radius 2 is 2.12 bits per heavy atom. The second kappa shape index (κ2) is 13.0. The van der Waals surface area contributed by atoms with Crippen molar-refractivity contribution in [1.82, 2.24) is 0 Å². The van der Waals surface area contributed by atoms with Gasteiger partial charge in [0.05, 0.1) is 12.2 Å². The number of carbonyl (C=O) groups is 1. The topological polar surface area (TPSA) is 76.0 Å². The summed E-state index contributed by atoms with van der Waals surface area (Å²) in [5, 5.41) is 19.2. The Morgan fingerprint density at radius 1 is 1.28 bits per heavy atom. The lowest BCUT2D eigenvalue weighted by Crippen LogP contribution is -2.32. The SMILES string of the molecule is CCCCC(F)C(O)CC[C@@H]1[C@H]2CC(=CCCCC(=O)O)C[C@H]2C[C@H]1OC1CCCCO1. The quantitative estimate of drug-likeness (QED) is 0.272. The van der Waals surface area contributed by atoms with E-state index in [2.05, 4.69) is 6.08 Å². The van der Waals surface area contributed by atoms with Crippen molar-refractivity contribution in [3.8, 4) is 0 Å². The van der Waals surface area contributed by atoms with E-state index >= 15 is 0 Å². The Hall–Kier alpha value is -0.980. The van der Waals surface area contributed by atoms with Crippen LogP contribution < -0.4 is 0 Å². The van der Waals surface area contributed by atoms with Crippen LogP contribution in [0.25, 0.3) is 0 Å². The summed E-state index contributed by atoms with van der Waals surface area (Å²) in [6, 6.07) is 0. The number of aliphatic hydroxyl groups is 1. The molecule has 0 aromatic rings. The zero-order chi connectivity index (χ0) is 22.9. The van der Waals surface area contributed by atoms with E-state index in [1.807, 2.05) is 6.92 Å². The molecule has 184 valence electrons. The van der Waals surface area contributed by atoms with Gasteiger partial charge in [0.15, 0.2) is 6.29 Å². The molecule has 6 heteroatoms. The maximum Gasteiger partial charge on any atom is 0.303 e. The van der Waals surface area contributed by atoms with Gasteiger partial charge in [-0.15, -0.1) is 0 Å². The van der Waals surface area contributed by atoms with Crippen molar-refractivity contribution >= 4 is 5.97 Å². The number of hydrogen-bond donors (Lipinski definition) is 2. The van der Waals surface area contributed by atoms with Crippen molar-refractivity contribution in [2.45, 2.75) is 121 Å². The first-order valence-electron chi connectivity index (χ1n) is 13.0. The second-order valence-electron chi connectivity index (χ2n) is 10.2. The molecular weight excluding hydrogens is 411 g/mol.